The minimum atomic E-state index is -3.29. The normalized spacial score (nSPS) is 19.7. The van der Waals surface area contributed by atoms with Gasteiger partial charge in [-0.2, -0.15) is 0 Å². The van der Waals surface area contributed by atoms with Crippen molar-refractivity contribution in [1.82, 2.24) is 5.32 Å². The summed E-state index contributed by atoms with van der Waals surface area (Å²) in [5.74, 6) is -0.0673. The molecule has 142 valence electrons. The van der Waals surface area contributed by atoms with Gasteiger partial charge in [0.15, 0.2) is 0 Å². The van der Waals surface area contributed by atoms with Gasteiger partial charge in [-0.3, -0.25) is 9.10 Å². The summed E-state index contributed by atoms with van der Waals surface area (Å²) in [7, 11) is -3.29. The van der Waals surface area contributed by atoms with Crippen LogP contribution in [0.15, 0.2) is 29.8 Å². The van der Waals surface area contributed by atoms with Gasteiger partial charge in [0.25, 0.3) is 5.91 Å². The Kier molecular flexibility index (Phi) is 6.24. The molecule has 1 heterocycles. The molecule has 5 nitrogen and oxygen atoms in total. The van der Waals surface area contributed by atoms with Crippen LogP contribution in [0.3, 0.4) is 0 Å². The molecule has 1 saturated heterocycles. The van der Waals surface area contributed by atoms with E-state index in [1.807, 2.05) is 0 Å². The van der Waals surface area contributed by atoms with Crippen molar-refractivity contribution in [1.29, 1.82) is 0 Å². The number of hydrogen-bond donors (Lipinski definition) is 1. The number of anilines is 1. The number of allylic oxidation sites excluding steroid dienone is 1. The molecule has 0 bridgehead atoms. The van der Waals surface area contributed by atoms with Crippen LogP contribution in [0, 0.1) is 0 Å². The van der Waals surface area contributed by atoms with E-state index in [4.69, 9.17) is 11.6 Å². The Bertz CT molecular complexity index is 805. The van der Waals surface area contributed by atoms with E-state index in [2.05, 4.69) is 11.4 Å². The van der Waals surface area contributed by atoms with E-state index in [-0.39, 0.29) is 16.7 Å². The van der Waals surface area contributed by atoms with Gasteiger partial charge in [0.1, 0.15) is 0 Å². The quantitative estimate of drug-likeness (QED) is 0.768. The second-order valence-corrected chi connectivity index (χ2v) is 9.29. The summed E-state index contributed by atoms with van der Waals surface area (Å²) in [6.07, 6.45) is 9.39. The lowest BCUT2D eigenvalue weighted by atomic mass is 9.97. The van der Waals surface area contributed by atoms with Gasteiger partial charge in [0.2, 0.25) is 10.0 Å². The molecule has 0 radical (unpaired) electrons. The molecule has 3 rings (SSSR count). The first kappa shape index (κ1) is 19.2. The third-order valence-electron chi connectivity index (χ3n) is 4.95. The molecule has 1 aliphatic heterocycles. The molecule has 0 spiro atoms. The van der Waals surface area contributed by atoms with Crippen molar-refractivity contribution in [2.45, 2.75) is 44.9 Å². The van der Waals surface area contributed by atoms with Crippen molar-refractivity contribution >= 4 is 33.2 Å². The number of halogens is 1. The summed E-state index contributed by atoms with van der Waals surface area (Å²) in [5.41, 5.74) is 2.31. The average Bonchev–Trinajstić information content (AvgIpc) is 2.62. The largest absolute Gasteiger partial charge is 0.352 e. The minimum Gasteiger partial charge on any atom is -0.352 e. The first-order valence-corrected chi connectivity index (χ1v) is 11.2. The van der Waals surface area contributed by atoms with Gasteiger partial charge in [-0.05, 0) is 63.1 Å². The van der Waals surface area contributed by atoms with Gasteiger partial charge in [-0.15, -0.1) is 0 Å². The Hall–Kier alpha value is -1.53. The van der Waals surface area contributed by atoms with E-state index in [1.165, 1.54) is 22.7 Å². The van der Waals surface area contributed by atoms with Crippen molar-refractivity contribution in [3.05, 3.63) is 40.4 Å². The van der Waals surface area contributed by atoms with Crippen LogP contribution >= 0.6 is 11.6 Å². The highest BCUT2D eigenvalue weighted by molar-refractivity contribution is 7.92. The molecule has 26 heavy (non-hydrogen) atoms. The van der Waals surface area contributed by atoms with Crippen molar-refractivity contribution < 1.29 is 13.2 Å². The Morgan fingerprint density at radius 1 is 1.19 bits per heavy atom. The van der Waals surface area contributed by atoms with Crippen LogP contribution in [0.25, 0.3) is 0 Å². The zero-order valence-corrected chi connectivity index (χ0v) is 16.4. The minimum absolute atomic E-state index is 0.155. The summed E-state index contributed by atoms with van der Waals surface area (Å²) in [6.45, 7) is 1.04. The number of sulfonamides is 1. The van der Waals surface area contributed by atoms with Crippen LogP contribution in [0.2, 0.25) is 5.02 Å². The van der Waals surface area contributed by atoms with E-state index >= 15 is 0 Å². The van der Waals surface area contributed by atoms with Crippen LogP contribution in [-0.2, 0) is 10.0 Å². The fourth-order valence-electron chi connectivity index (χ4n) is 3.49. The first-order valence-electron chi connectivity index (χ1n) is 9.23. The predicted octanol–water partition coefficient (Wildman–Crippen LogP) is 3.89. The number of carbonyl (C=O) groups excluding carboxylic acids is 1. The number of benzene rings is 1. The number of nitrogens with one attached hydrogen (secondary N) is 1. The molecule has 1 aromatic rings. The fraction of sp³-hybridized carbons (Fsp3) is 0.526. The van der Waals surface area contributed by atoms with Crippen molar-refractivity contribution in [3.63, 3.8) is 0 Å². The SMILES string of the molecule is O=C(NCCC1=CCCCC1)c1ccc(N2CCCCS2(=O)=O)cc1Cl. The maximum Gasteiger partial charge on any atom is 0.252 e. The van der Waals surface area contributed by atoms with Gasteiger partial charge < -0.3 is 5.32 Å². The molecule has 0 unspecified atom stereocenters. The number of rotatable bonds is 5. The maximum absolute atomic E-state index is 12.4. The second-order valence-electron chi connectivity index (χ2n) is 6.87. The zero-order valence-electron chi connectivity index (χ0n) is 14.8. The molecule has 1 fully saturated rings. The lowest BCUT2D eigenvalue weighted by molar-refractivity contribution is 0.0954. The van der Waals surface area contributed by atoms with Gasteiger partial charge in [-0.1, -0.05) is 23.3 Å². The number of carbonyl (C=O) groups is 1. The maximum atomic E-state index is 12.4. The van der Waals surface area contributed by atoms with Crippen molar-refractivity contribution in [3.8, 4) is 0 Å². The van der Waals surface area contributed by atoms with E-state index in [9.17, 15) is 13.2 Å². The van der Waals surface area contributed by atoms with E-state index in [0.717, 1.165) is 25.7 Å². The Morgan fingerprint density at radius 3 is 2.73 bits per heavy atom. The highest BCUT2D eigenvalue weighted by Crippen LogP contribution is 2.28. The van der Waals surface area contributed by atoms with E-state index in [0.29, 0.717) is 30.8 Å². The number of hydrogen-bond acceptors (Lipinski definition) is 3. The average molecular weight is 397 g/mol. The van der Waals surface area contributed by atoms with Gasteiger partial charge >= 0.3 is 0 Å². The first-order chi connectivity index (χ1) is 12.5. The van der Waals surface area contributed by atoms with Gasteiger partial charge in [-0.25, -0.2) is 8.42 Å². The van der Waals surface area contributed by atoms with Crippen LogP contribution in [0.1, 0.15) is 55.3 Å². The van der Waals surface area contributed by atoms with Crippen molar-refractivity contribution in [2.75, 3.05) is 23.1 Å². The van der Waals surface area contributed by atoms with Crippen LogP contribution in [0.4, 0.5) is 5.69 Å². The monoisotopic (exact) mass is 396 g/mol. The lowest BCUT2D eigenvalue weighted by Gasteiger charge is -2.28. The van der Waals surface area contributed by atoms with E-state index in [1.54, 1.807) is 18.2 Å². The molecule has 1 aliphatic carbocycles. The topological polar surface area (TPSA) is 66.5 Å². The Balaban J connectivity index is 1.63. The summed E-state index contributed by atoms with van der Waals surface area (Å²) in [5, 5.41) is 3.18. The standard InChI is InChI=1S/C19H25ClN2O3S/c20-18-14-16(22-12-4-5-13-26(22,24)25)8-9-17(18)19(23)21-11-10-15-6-2-1-3-7-15/h6,8-9,14H,1-5,7,10-13H2,(H,21,23). The Labute approximate surface area is 160 Å². The number of nitrogens with zero attached hydrogens (tertiary/aromatic N) is 1. The summed E-state index contributed by atoms with van der Waals surface area (Å²) >= 11 is 6.27. The van der Waals surface area contributed by atoms with Gasteiger partial charge in [0, 0.05) is 13.1 Å². The third-order valence-corrected chi connectivity index (χ3v) is 7.13. The molecule has 2 aliphatic rings. The summed E-state index contributed by atoms with van der Waals surface area (Å²) in [4.78, 5) is 12.4. The number of amides is 1. The smallest absolute Gasteiger partial charge is 0.252 e. The van der Waals surface area contributed by atoms with Crippen LogP contribution < -0.4 is 9.62 Å². The van der Waals surface area contributed by atoms with Gasteiger partial charge in [0.05, 0.1) is 22.0 Å². The third kappa shape index (κ3) is 4.60. The Morgan fingerprint density at radius 2 is 2.04 bits per heavy atom. The van der Waals surface area contributed by atoms with Crippen LogP contribution in [-0.4, -0.2) is 33.2 Å². The molecule has 0 atom stereocenters. The molecule has 0 saturated carbocycles. The molecule has 0 aromatic heterocycles. The molecule has 7 heteroatoms. The molecular formula is C19H25ClN2O3S. The lowest BCUT2D eigenvalue weighted by Crippen LogP contribution is -2.37. The predicted molar refractivity (Wildman–Crippen MR) is 105 cm³/mol. The highest BCUT2D eigenvalue weighted by Gasteiger charge is 2.26. The fourth-order valence-corrected chi connectivity index (χ4v) is 5.38. The zero-order chi connectivity index (χ0) is 18.6. The molecular weight excluding hydrogens is 372 g/mol. The molecule has 1 N–H and O–H groups in total. The van der Waals surface area contributed by atoms with Crippen LogP contribution in [0.5, 0.6) is 0 Å². The highest BCUT2D eigenvalue weighted by atomic mass is 35.5. The summed E-state index contributed by atoms with van der Waals surface area (Å²) in [6, 6.07) is 4.84. The van der Waals surface area contributed by atoms with E-state index < -0.39 is 10.0 Å². The molecule has 1 amide bonds. The van der Waals surface area contributed by atoms with Crippen molar-refractivity contribution in [2.24, 2.45) is 0 Å². The second kappa shape index (κ2) is 8.44. The summed E-state index contributed by atoms with van der Waals surface area (Å²) < 4.78 is 25.8. The molecule has 1 aromatic carbocycles.